The Balaban J connectivity index is 1.91. The first-order valence-corrected chi connectivity index (χ1v) is 9.04. The molecule has 2 unspecified atom stereocenters. The van der Waals surface area contributed by atoms with Crippen LogP contribution >= 0.6 is 0 Å². The zero-order valence-electron chi connectivity index (χ0n) is 11.5. The Labute approximate surface area is 114 Å². The van der Waals surface area contributed by atoms with Gasteiger partial charge in [-0.15, -0.1) is 0 Å². The summed E-state index contributed by atoms with van der Waals surface area (Å²) in [6, 6.07) is 0. The molecule has 1 heterocycles. The minimum Gasteiger partial charge on any atom is -0.389 e. The molecule has 1 saturated heterocycles. The quantitative estimate of drug-likeness (QED) is 0.824. The molecule has 1 N–H and O–H groups in total. The molecule has 1 aliphatic heterocycles. The number of carbonyl (C=O) groups is 1. The molecule has 110 valence electrons. The summed E-state index contributed by atoms with van der Waals surface area (Å²) in [6.07, 6.45) is 5.81. The molecule has 2 fully saturated rings. The third kappa shape index (κ3) is 3.69. The number of piperidine rings is 1. The van der Waals surface area contributed by atoms with Crippen molar-refractivity contribution in [1.82, 2.24) is 4.90 Å². The minimum absolute atomic E-state index is 0.0595. The first-order chi connectivity index (χ1) is 8.80. The Morgan fingerprint density at radius 3 is 2.79 bits per heavy atom. The van der Waals surface area contributed by atoms with Gasteiger partial charge in [0.1, 0.15) is 9.84 Å². The first kappa shape index (κ1) is 14.8. The molecule has 6 heteroatoms. The predicted octanol–water partition coefficient (Wildman–Crippen LogP) is 0.575. The van der Waals surface area contributed by atoms with Crippen LogP contribution in [-0.4, -0.2) is 55.0 Å². The Kier molecular flexibility index (Phi) is 4.20. The van der Waals surface area contributed by atoms with E-state index in [1.807, 2.05) is 0 Å². The van der Waals surface area contributed by atoms with Crippen molar-refractivity contribution in [2.75, 3.05) is 25.1 Å². The molecular weight excluding hydrogens is 266 g/mol. The summed E-state index contributed by atoms with van der Waals surface area (Å²) in [5.74, 6) is -0.0210. The van der Waals surface area contributed by atoms with Crippen molar-refractivity contribution in [2.24, 2.45) is 5.92 Å². The number of nitrogens with zero attached hydrogens (tertiary/aromatic N) is 1. The predicted molar refractivity (Wildman–Crippen MR) is 72.4 cm³/mol. The Bertz CT molecular complexity index is 448. The fourth-order valence-corrected chi connectivity index (χ4v) is 3.77. The molecule has 0 radical (unpaired) electrons. The number of fused-ring (bicyclic) bond motifs is 1. The largest absolute Gasteiger partial charge is 0.389 e. The number of rotatable bonds is 3. The lowest BCUT2D eigenvalue weighted by Gasteiger charge is -2.47. The highest BCUT2D eigenvalue weighted by molar-refractivity contribution is 7.90. The van der Waals surface area contributed by atoms with Gasteiger partial charge in [0.25, 0.3) is 0 Å². The van der Waals surface area contributed by atoms with Crippen LogP contribution in [0.15, 0.2) is 0 Å². The molecule has 1 amide bonds. The van der Waals surface area contributed by atoms with E-state index in [4.69, 9.17) is 0 Å². The normalized spacial score (nSPS) is 31.9. The van der Waals surface area contributed by atoms with Crippen molar-refractivity contribution in [3.63, 3.8) is 0 Å². The number of carbonyl (C=O) groups excluding carboxylic acids is 1. The summed E-state index contributed by atoms with van der Waals surface area (Å²) in [6.45, 7) is 1.13. The van der Waals surface area contributed by atoms with E-state index in [1.54, 1.807) is 4.90 Å². The van der Waals surface area contributed by atoms with Gasteiger partial charge in [0.2, 0.25) is 5.91 Å². The van der Waals surface area contributed by atoms with Crippen molar-refractivity contribution in [2.45, 2.75) is 44.1 Å². The lowest BCUT2D eigenvalue weighted by atomic mass is 9.71. The maximum absolute atomic E-state index is 12.0. The second kappa shape index (κ2) is 5.40. The average Bonchev–Trinajstić information content (AvgIpc) is 2.34. The van der Waals surface area contributed by atoms with Crippen LogP contribution in [0.1, 0.15) is 38.5 Å². The molecule has 1 saturated carbocycles. The van der Waals surface area contributed by atoms with E-state index in [2.05, 4.69) is 0 Å². The summed E-state index contributed by atoms with van der Waals surface area (Å²) in [4.78, 5) is 13.7. The van der Waals surface area contributed by atoms with Gasteiger partial charge in [0.05, 0.1) is 11.4 Å². The fraction of sp³-hybridized carbons (Fsp3) is 0.923. The highest BCUT2D eigenvalue weighted by Gasteiger charge is 2.43. The first-order valence-electron chi connectivity index (χ1n) is 6.98. The molecule has 0 bridgehead atoms. The van der Waals surface area contributed by atoms with E-state index >= 15 is 0 Å². The van der Waals surface area contributed by atoms with Gasteiger partial charge in [-0.3, -0.25) is 4.79 Å². The molecule has 19 heavy (non-hydrogen) atoms. The van der Waals surface area contributed by atoms with Crippen LogP contribution in [0.4, 0.5) is 0 Å². The summed E-state index contributed by atoms with van der Waals surface area (Å²) < 4.78 is 22.2. The second-order valence-corrected chi connectivity index (χ2v) is 8.28. The monoisotopic (exact) mass is 289 g/mol. The SMILES string of the molecule is CS(=O)(=O)CCC(=O)N1CCC2(O)CCCCC2C1. The van der Waals surface area contributed by atoms with Crippen LogP contribution in [0, 0.1) is 5.92 Å². The van der Waals surface area contributed by atoms with Gasteiger partial charge in [0, 0.05) is 31.7 Å². The molecular formula is C13H23NO4S. The van der Waals surface area contributed by atoms with Gasteiger partial charge in [-0.05, 0) is 19.3 Å². The number of sulfone groups is 1. The zero-order chi connectivity index (χ0) is 14.1. The van der Waals surface area contributed by atoms with Crippen molar-refractivity contribution in [3.8, 4) is 0 Å². The third-order valence-electron chi connectivity index (χ3n) is 4.47. The van der Waals surface area contributed by atoms with E-state index in [-0.39, 0.29) is 24.0 Å². The van der Waals surface area contributed by atoms with Crippen LogP contribution < -0.4 is 0 Å². The molecule has 2 aliphatic rings. The molecule has 0 aromatic heterocycles. The Morgan fingerprint density at radius 2 is 2.11 bits per heavy atom. The Morgan fingerprint density at radius 1 is 1.37 bits per heavy atom. The van der Waals surface area contributed by atoms with E-state index in [9.17, 15) is 18.3 Å². The molecule has 0 spiro atoms. The Hall–Kier alpha value is -0.620. The standard InChI is InChI=1S/C13H23NO4S/c1-19(17,18)9-5-12(15)14-8-7-13(16)6-3-2-4-11(13)10-14/h11,16H,2-10H2,1H3. The van der Waals surface area contributed by atoms with Gasteiger partial charge in [-0.2, -0.15) is 0 Å². The van der Waals surface area contributed by atoms with Crippen molar-refractivity contribution in [1.29, 1.82) is 0 Å². The summed E-state index contributed by atoms with van der Waals surface area (Å²) in [7, 11) is -3.09. The molecule has 2 atom stereocenters. The summed E-state index contributed by atoms with van der Waals surface area (Å²) in [5, 5.41) is 10.5. The lowest BCUT2D eigenvalue weighted by Crippen LogP contribution is -2.54. The highest BCUT2D eigenvalue weighted by Crippen LogP contribution is 2.39. The molecule has 5 nitrogen and oxygen atoms in total. The van der Waals surface area contributed by atoms with Crippen molar-refractivity contribution < 1.29 is 18.3 Å². The molecule has 2 rings (SSSR count). The van der Waals surface area contributed by atoms with Crippen LogP contribution in [0.2, 0.25) is 0 Å². The van der Waals surface area contributed by atoms with E-state index < -0.39 is 15.4 Å². The van der Waals surface area contributed by atoms with Crippen molar-refractivity contribution in [3.05, 3.63) is 0 Å². The van der Waals surface area contributed by atoms with E-state index in [0.29, 0.717) is 19.5 Å². The summed E-state index contributed by atoms with van der Waals surface area (Å²) in [5.41, 5.74) is -0.591. The molecule has 1 aliphatic carbocycles. The van der Waals surface area contributed by atoms with Gasteiger partial charge >= 0.3 is 0 Å². The fourth-order valence-electron chi connectivity index (χ4n) is 3.23. The summed E-state index contributed by atoms with van der Waals surface area (Å²) >= 11 is 0. The van der Waals surface area contributed by atoms with Crippen molar-refractivity contribution >= 4 is 15.7 Å². The van der Waals surface area contributed by atoms with Crippen LogP contribution in [0.25, 0.3) is 0 Å². The highest BCUT2D eigenvalue weighted by atomic mass is 32.2. The van der Waals surface area contributed by atoms with Gasteiger partial charge < -0.3 is 10.0 Å². The number of hydrogen-bond donors (Lipinski definition) is 1. The van der Waals surface area contributed by atoms with Crippen LogP contribution in [0.3, 0.4) is 0 Å². The lowest BCUT2D eigenvalue weighted by molar-refractivity contribution is -0.142. The molecule has 0 aromatic carbocycles. The van der Waals surface area contributed by atoms with E-state index in [0.717, 1.165) is 31.9 Å². The molecule has 0 aromatic rings. The van der Waals surface area contributed by atoms with Gasteiger partial charge in [0.15, 0.2) is 0 Å². The number of aliphatic hydroxyl groups is 1. The maximum atomic E-state index is 12.0. The van der Waals surface area contributed by atoms with Gasteiger partial charge in [-0.25, -0.2) is 8.42 Å². The third-order valence-corrected chi connectivity index (χ3v) is 5.41. The number of hydrogen-bond acceptors (Lipinski definition) is 4. The van der Waals surface area contributed by atoms with E-state index in [1.165, 1.54) is 0 Å². The topological polar surface area (TPSA) is 74.7 Å². The zero-order valence-corrected chi connectivity index (χ0v) is 12.3. The average molecular weight is 289 g/mol. The maximum Gasteiger partial charge on any atom is 0.223 e. The minimum atomic E-state index is -3.09. The second-order valence-electron chi connectivity index (χ2n) is 6.02. The van der Waals surface area contributed by atoms with Gasteiger partial charge in [-0.1, -0.05) is 12.8 Å². The van der Waals surface area contributed by atoms with Crippen LogP contribution in [-0.2, 0) is 14.6 Å². The number of likely N-dealkylation sites (tertiary alicyclic amines) is 1. The van der Waals surface area contributed by atoms with Crippen LogP contribution in [0.5, 0.6) is 0 Å². The smallest absolute Gasteiger partial charge is 0.223 e. The number of amides is 1.